The van der Waals surface area contributed by atoms with E-state index in [4.69, 9.17) is 11.6 Å². The van der Waals surface area contributed by atoms with E-state index in [2.05, 4.69) is 39.6 Å². The highest BCUT2D eigenvalue weighted by molar-refractivity contribution is 6.34. The van der Waals surface area contributed by atoms with Gasteiger partial charge in [-0.05, 0) is 54.4 Å². The lowest BCUT2D eigenvalue weighted by Crippen LogP contribution is -2.13. The molecular formula is C20H15ClN4O. The van der Waals surface area contributed by atoms with Gasteiger partial charge in [0, 0.05) is 17.1 Å². The van der Waals surface area contributed by atoms with Gasteiger partial charge in [0.1, 0.15) is 5.82 Å². The Morgan fingerprint density at radius 1 is 1.12 bits per heavy atom. The highest BCUT2D eigenvalue weighted by Crippen LogP contribution is 2.27. The normalized spacial score (nSPS) is 10.8. The Labute approximate surface area is 155 Å². The molecule has 26 heavy (non-hydrogen) atoms. The minimum atomic E-state index is -0.286. The van der Waals surface area contributed by atoms with Crippen LogP contribution in [0.5, 0.6) is 0 Å². The van der Waals surface area contributed by atoms with E-state index in [-0.39, 0.29) is 5.91 Å². The fraction of sp³-hybridized carbons (Fsp3) is 0.0500. The largest absolute Gasteiger partial charge is 0.307 e. The van der Waals surface area contributed by atoms with Gasteiger partial charge in [-0.25, -0.2) is 4.98 Å². The number of aromatic amines is 1. The number of hydrogen-bond donors (Lipinski definition) is 2. The lowest BCUT2D eigenvalue weighted by atomic mass is 10.0. The van der Waals surface area contributed by atoms with Crippen molar-refractivity contribution in [2.24, 2.45) is 0 Å². The topological polar surface area (TPSA) is 70.7 Å². The van der Waals surface area contributed by atoms with Crippen LogP contribution in [0.25, 0.3) is 22.0 Å². The summed E-state index contributed by atoms with van der Waals surface area (Å²) in [5, 5.41) is 11.3. The summed E-state index contributed by atoms with van der Waals surface area (Å²) in [6, 6.07) is 14.8. The molecule has 0 radical (unpaired) electrons. The van der Waals surface area contributed by atoms with Gasteiger partial charge >= 0.3 is 0 Å². The van der Waals surface area contributed by atoms with Crippen LogP contribution in [-0.4, -0.2) is 21.1 Å². The van der Waals surface area contributed by atoms with Gasteiger partial charge in [-0.1, -0.05) is 23.7 Å². The van der Waals surface area contributed by atoms with Crippen molar-refractivity contribution in [3.05, 3.63) is 77.1 Å². The maximum atomic E-state index is 12.3. The van der Waals surface area contributed by atoms with E-state index in [1.54, 1.807) is 42.7 Å². The van der Waals surface area contributed by atoms with Crippen LogP contribution in [0, 0.1) is 6.92 Å². The molecular weight excluding hydrogens is 348 g/mol. The van der Waals surface area contributed by atoms with Gasteiger partial charge in [0.05, 0.1) is 22.3 Å². The number of benzene rings is 2. The van der Waals surface area contributed by atoms with Gasteiger partial charge in [-0.2, -0.15) is 5.10 Å². The van der Waals surface area contributed by atoms with Crippen molar-refractivity contribution in [2.75, 3.05) is 5.32 Å². The van der Waals surface area contributed by atoms with Crippen LogP contribution in [0.1, 0.15) is 15.9 Å². The molecule has 0 unspecified atom stereocenters. The molecule has 0 saturated heterocycles. The smallest absolute Gasteiger partial charge is 0.258 e. The summed E-state index contributed by atoms with van der Waals surface area (Å²) in [7, 11) is 0. The molecule has 0 saturated carbocycles. The summed E-state index contributed by atoms with van der Waals surface area (Å²) in [5.74, 6) is 0.185. The number of pyridine rings is 1. The zero-order valence-electron chi connectivity index (χ0n) is 14.0. The van der Waals surface area contributed by atoms with Gasteiger partial charge in [-0.3, -0.25) is 9.89 Å². The molecule has 2 aromatic carbocycles. The minimum absolute atomic E-state index is 0.286. The molecule has 1 amide bonds. The number of H-pyrrole nitrogens is 1. The third-order valence-corrected chi connectivity index (χ3v) is 4.55. The Bertz CT molecular complexity index is 1100. The SMILES string of the molecule is Cc1cc2cn[nH]c2cc1-c1ccc(NC(=O)c2ccccc2Cl)nc1. The fourth-order valence-corrected chi connectivity index (χ4v) is 3.09. The number of aryl methyl sites for hydroxylation is 1. The molecule has 128 valence electrons. The van der Waals surface area contributed by atoms with Crippen LogP contribution >= 0.6 is 11.6 Å². The molecule has 6 heteroatoms. The van der Waals surface area contributed by atoms with Crippen LogP contribution < -0.4 is 5.32 Å². The highest BCUT2D eigenvalue weighted by Gasteiger charge is 2.11. The first kappa shape index (κ1) is 16.3. The number of nitrogens with zero attached hydrogens (tertiary/aromatic N) is 2. The number of rotatable bonds is 3. The maximum Gasteiger partial charge on any atom is 0.258 e. The molecule has 4 aromatic rings. The average Bonchev–Trinajstić information content (AvgIpc) is 3.09. The van der Waals surface area contributed by atoms with E-state index in [1.807, 2.05) is 6.07 Å². The fourth-order valence-electron chi connectivity index (χ4n) is 2.87. The van der Waals surface area contributed by atoms with Gasteiger partial charge < -0.3 is 5.32 Å². The van der Waals surface area contributed by atoms with E-state index in [0.29, 0.717) is 16.4 Å². The third kappa shape index (κ3) is 3.05. The molecule has 0 atom stereocenters. The first-order chi connectivity index (χ1) is 12.6. The Balaban J connectivity index is 1.59. The summed E-state index contributed by atoms with van der Waals surface area (Å²) in [6.07, 6.45) is 3.55. The monoisotopic (exact) mass is 362 g/mol. The number of hydrogen-bond acceptors (Lipinski definition) is 3. The molecule has 0 aliphatic heterocycles. The number of fused-ring (bicyclic) bond motifs is 1. The molecule has 2 aromatic heterocycles. The molecule has 5 nitrogen and oxygen atoms in total. The first-order valence-electron chi connectivity index (χ1n) is 8.08. The quantitative estimate of drug-likeness (QED) is 0.548. The lowest BCUT2D eigenvalue weighted by molar-refractivity contribution is 0.102. The third-order valence-electron chi connectivity index (χ3n) is 4.22. The van der Waals surface area contributed by atoms with E-state index in [0.717, 1.165) is 27.6 Å². The van der Waals surface area contributed by atoms with Crippen LogP contribution in [0.2, 0.25) is 5.02 Å². The van der Waals surface area contributed by atoms with Gasteiger partial charge in [0.25, 0.3) is 5.91 Å². The molecule has 0 aliphatic rings. The number of nitrogens with one attached hydrogen (secondary N) is 2. The predicted octanol–water partition coefficient (Wildman–Crippen LogP) is 4.84. The average molecular weight is 363 g/mol. The van der Waals surface area contributed by atoms with Crippen LogP contribution in [0.3, 0.4) is 0 Å². The summed E-state index contributed by atoms with van der Waals surface area (Å²) >= 11 is 6.06. The molecule has 2 heterocycles. The van der Waals surface area contributed by atoms with Gasteiger partial charge in [-0.15, -0.1) is 0 Å². The summed E-state index contributed by atoms with van der Waals surface area (Å²) in [5.41, 5.74) is 4.56. The van der Waals surface area contributed by atoms with E-state index >= 15 is 0 Å². The zero-order valence-corrected chi connectivity index (χ0v) is 14.7. The highest BCUT2D eigenvalue weighted by atomic mass is 35.5. The number of halogens is 1. The second kappa shape index (κ2) is 6.61. The van der Waals surface area contributed by atoms with E-state index in [1.165, 1.54) is 0 Å². The molecule has 0 fully saturated rings. The summed E-state index contributed by atoms with van der Waals surface area (Å²) in [4.78, 5) is 16.7. The maximum absolute atomic E-state index is 12.3. The number of anilines is 1. The number of amides is 1. The van der Waals surface area contributed by atoms with Crippen LogP contribution in [0.15, 0.2) is 60.9 Å². The molecule has 0 aliphatic carbocycles. The first-order valence-corrected chi connectivity index (χ1v) is 8.45. The molecule has 4 rings (SSSR count). The standard InChI is InChI=1S/C20H15ClN4O/c1-12-8-14-11-23-25-18(14)9-16(12)13-6-7-19(22-10-13)24-20(26)15-4-2-3-5-17(15)21/h2-11H,1H3,(H,23,25)(H,22,24,26). The van der Waals surface area contributed by atoms with Crippen molar-refractivity contribution in [3.63, 3.8) is 0 Å². The predicted molar refractivity (Wildman–Crippen MR) is 103 cm³/mol. The lowest BCUT2D eigenvalue weighted by Gasteiger charge is -2.09. The molecule has 0 bridgehead atoms. The number of carbonyl (C=O) groups is 1. The minimum Gasteiger partial charge on any atom is -0.307 e. The van der Waals surface area contributed by atoms with Gasteiger partial charge in [0.2, 0.25) is 0 Å². The van der Waals surface area contributed by atoms with Crippen molar-refractivity contribution in [3.8, 4) is 11.1 Å². The number of aromatic nitrogens is 3. The van der Waals surface area contributed by atoms with Crippen molar-refractivity contribution in [2.45, 2.75) is 6.92 Å². The number of carbonyl (C=O) groups excluding carboxylic acids is 1. The van der Waals surface area contributed by atoms with Crippen molar-refractivity contribution in [1.29, 1.82) is 0 Å². The van der Waals surface area contributed by atoms with Gasteiger partial charge in [0.15, 0.2) is 0 Å². The Hall–Kier alpha value is -3.18. The Kier molecular flexibility index (Phi) is 4.14. The van der Waals surface area contributed by atoms with E-state index in [9.17, 15) is 4.79 Å². The summed E-state index contributed by atoms with van der Waals surface area (Å²) in [6.45, 7) is 2.05. The van der Waals surface area contributed by atoms with Crippen LogP contribution in [-0.2, 0) is 0 Å². The summed E-state index contributed by atoms with van der Waals surface area (Å²) < 4.78 is 0. The molecule has 2 N–H and O–H groups in total. The second-order valence-electron chi connectivity index (χ2n) is 5.99. The Morgan fingerprint density at radius 2 is 1.96 bits per heavy atom. The van der Waals surface area contributed by atoms with Crippen molar-refractivity contribution >= 4 is 34.2 Å². The second-order valence-corrected chi connectivity index (χ2v) is 6.40. The Morgan fingerprint density at radius 3 is 2.73 bits per heavy atom. The van der Waals surface area contributed by atoms with Crippen molar-refractivity contribution < 1.29 is 4.79 Å². The van der Waals surface area contributed by atoms with Crippen LogP contribution in [0.4, 0.5) is 5.82 Å². The zero-order chi connectivity index (χ0) is 18.1. The molecule has 0 spiro atoms. The van der Waals surface area contributed by atoms with Crippen molar-refractivity contribution in [1.82, 2.24) is 15.2 Å². The van der Waals surface area contributed by atoms with E-state index < -0.39 is 0 Å².